The number of benzene rings is 3. The monoisotopic (exact) mass is 480 g/mol. The highest BCUT2D eigenvalue weighted by Crippen LogP contribution is 2.39. The first-order valence-electron chi connectivity index (χ1n) is 10.4. The van der Waals surface area contributed by atoms with Crippen molar-refractivity contribution >= 4 is 41.0 Å². The average Bonchev–Trinajstić information content (AvgIpc) is 3.06. The van der Waals surface area contributed by atoms with Crippen LogP contribution in [0.5, 0.6) is 11.5 Å². The predicted molar refractivity (Wildman–Crippen MR) is 131 cm³/mol. The molecule has 3 aromatic carbocycles. The lowest BCUT2D eigenvalue weighted by atomic mass is 9.87. The lowest BCUT2D eigenvalue weighted by molar-refractivity contribution is 0.0734. The fourth-order valence-corrected chi connectivity index (χ4v) is 4.09. The maximum Gasteiger partial charge on any atom is 0.343 e. The molecule has 0 atom stereocenters. The van der Waals surface area contributed by atoms with Crippen molar-refractivity contribution in [1.82, 2.24) is 0 Å². The summed E-state index contributed by atoms with van der Waals surface area (Å²) in [6, 6.07) is 15.6. The first-order valence-corrected chi connectivity index (χ1v) is 11.2. The summed E-state index contributed by atoms with van der Waals surface area (Å²) in [7, 11) is 0. The van der Waals surface area contributed by atoms with Gasteiger partial charge in [-0.3, -0.25) is 4.79 Å². The molecule has 4 nitrogen and oxygen atoms in total. The minimum Gasteiger partial charge on any atom is -0.452 e. The topological polar surface area (TPSA) is 52.6 Å². The second-order valence-electron chi connectivity index (χ2n) is 8.91. The zero-order chi connectivity index (χ0) is 23.9. The van der Waals surface area contributed by atoms with Gasteiger partial charge in [-0.05, 0) is 59.9 Å². The number of ether oxygens (including phenoxy) is 2. The third-order valence-electron chi connectivity index (χ3n) is 5.42. The van der Waals surface area contributed by atoms with Crippen LogP contribution in [0.1, 0.15) is 58.2 Å². The zero-order valence-electron chi connectivity index (χ0n) is 18.7. The van der Waals surface area contributed by atoms with Crippen molar-refractivity contribution in [1.29, 1.82) is 0 Å². The van der Waals surface area contributed by atoms with E-state index in [4.69, 9.17) is 32.7 Å². The molecule has 0 spiro atoms. The second kappa shape index (κ2) is 8.69. The van der Waals surface area contributed by atoms with E-state index in [9.17, 15) is 9.59 Å². The Morgan fingerprint density at radius 3 is 2.24 bits per heavy atom. The third kappa shape index (κ3) is 4.68. The minimum atomic E-state index is -0.488. The van der Waals surface area contributed by atoms with Crippen molar-refractivity contribution in [3.05, 3.63) is 98.2 Å². The Hall–Kier alpha value is -3.08. The predicted octanol–water partition coefficient (Wildman–Crippen LogP) is 7.43. The molecular formula is C27H22Cl2O4. The number of carbonyl (C=O) groups excluding carboxylic acids is 2. The summed E-state index contributed by atoms with van der Waals surface area (Å²) in [5.41, 5.74) is 3.10. The zero-order valence-corrected chi connectivity index (χ0v) is 20.2. The molecule has 0 N–H and O–H groups in total. The molecule has 6 heteroatoms. The van der Waals surface area contributed by atoms with Crippen molar-refractivity contribution in [3.63, 3.8) is 0 Å². The van der Waals surface area contributed by atoms with Gasteiger partial charge < -0.3 is 9.47 Å². The van der Waals surface area contributed by atoms with Crippen LogP contribution in [0, 0.1) is 6.92 Å². The standard InChI is InChI=1S/C27H22Cl2O4/c1-15-12-18(32-26(31)16-8-10-17(11-9-16)27(2,3)4)13-22-24(15)25(30)23(33-22)14-19-20(28)6-5-7-21(19)29/h5-14H,1-4H3/b23-14-. The smallest absolute Gasteiger partial charge is 0.343 e. The quantitative estimate of drug-likeness (QED) is 0.222. The van der Waals surface area contributed by atoms with Gasteiger partial charge in [0, 0.05) is 21.7 Å². The van der Waals surface area contributed by atoms with Crippen molar-refractivity contribution in [2.45, 2.75) is 33.1 Å². The molecule has 0 fully saturated rings. The van der Waals surface area contributed by atoms with Crippen LogP contribution in [-0.4, -0.2) is 11.8 Å². The Balaban J connectivity index is 1.59. The summed E-state index contributed by atoms with van der Waals surface area (Å²) in [6.45, 7) is 8.09. The summed E-state index contributed by atoms with van der Waals surface area (Å²) in [6.07, 6.45) is 1.52. The summed E-state index contributed by atoms with van der Waals surface area (Å²) < 4.78 is 11.4. The van der Waals surface area contributed by atoms with Crippen molar-refractivity contribution in [2.24, 2.45) is 0 Å². The first kappa shape index (κ1) is 23.1. The normalized spacial score (nSPS) is 14.2. The maximum absolute atomic E-state index is 12.9. The first-order chi connectivity index (χ1) is 15.5. The summed E-state index contributed by atoms with van der Waals surface area (Å²) in [5, 5.41) is 0.817. The number of halogens is 2. The van der Waals surface area contributed by atoms with Crippen LogP contribution >= 0.6 is 23.2 Å². The van der Waals surface area contributed by atoms with Gasteiger partial charge in [-0.2, -0.15) is 0 Å². The van der Waals surface area contributed by atoms with E-state index in [2.05, 4.69) is 20.8 Å². The fourth-order valence-electron chi connectivity index (χ4n) is 3.59. The molecule has 0 aliphatic carbocycles. The van der Waals surface area contributed by atoms with Crippen molar-refractivity contribution < 1.29 is 19.1 Å². The molecule has 1 aliphatic heterocycles. The van der Waals surface area contributed by atoms with Gasteiger partial charge in [0.15, 0.2) is 5.76 Å². The van der Waals surface area contributed by atoms with Crippen LogP contribution in [0.2, 0.25) is 10.0 Å². The minimum absolute atomic E-state index is 0.0111. The Kier molecular flexibility index (Phi) is 6.08. The SMILES string of the molecule is Cc1cc(OC(=O)c2ccc(C(C)(C)C)cc2)cc2c1C(=O)/C(=C/c1c(Cl)cccc1Cl)O2. The number of hydrogen-bond acceptors (Lipinski definition) is 4. The summed E-state index contributed by atoms with van der Waals surface area (Å²) in [5.74, 6) is -0.0579. The van der Waals surface area contributed by atoms with Gasteiger partial charge in [0.05, 0.1) is 11.1 Å². The molecule has 0 saturated carbocycles. The molecule has 1 heterocycles. The number of hydrogen-bond donors (Lipinski definition) is 0. The Morgan fingerprint density at radius 2 is 1.64 bits per heavy atom. The van der Waals surface area contributed by atoms with E-state index in [0.717, 1.165) is 5.56 Å². The molecule has 4 rings (SSSR count). The number of rotatable bonds is 3. The Labute approximate surface area is 202 Å². The molecule has 3 aromatic rings. The molecule has 0 unspecified atom stereocenters. The fraction of sp³-hybridized carbons (Fsp3) is 0.185. The highest BCUT2D eigenvalue weighted by atomic mass is 35.5. The number of esters is 1. The Bertz CT molecular complexity index is 1280. The van der Waals surface area contributed by atoms with Crippen LogP contribution in [0.25, 0.3) is 6.08 Å². The largest absolute Gasteiger partial charge is 0.452 e. The number of Topliss-reactive ketones (excluding diaryl/α,β-unsaturated/α-hetero) is 1. The highest BCUT2D eigenvalue weighted by Gasteiger charge is 2.31. The molecule has 0 amide bonds. The van der Waals surface area contributed by atoms with Gasteiger partial charge in [0.25, 0.3) is 0 Å². The highest BCUT2D eigenvalue weighted by molar-refractivity contribution is 6.37. The van der Waals surface area contributed by atoms with Gasteiger partial charge in [0.1, 0.15) is 11.5 Å². The van der Waals surface area contributed by atoms with Crippen LogP contribution in [0.15, 0.2) is 60.4 Å². The maximum atomic E-state index is 12.9. The molecule has 0 bridgehead atoms. The summed E-state index contributed by atoms with van der Waals surface area (Å²) >= 11 is 12.4. The average molecular weight is 481 g/mol. The van der Waals surface area contributed by atoms with E-state index in [-0.39, 0.29) is 17.0 Å². The Morgan fingerprint density at radius 1 is 1.00 bits per heavy atom. The number of carbonyl (C=O) groups is 2. The summed E-state index contributed by atoms with van der Waals surface area (Å²) in [4.78, 5) is 25.6. The van der Waals surface area contributed by atoms with Crippen LogP contribution in [-0.2, 0) is 5.41 Å². The van der Waals surface area contributed by atoms with Crippen LogP contribution in [0.4, 0.5) is 0 Å². The van der Waals surface area contributed by atoms with Gasteiger partial charge >= 0.3 is 5.97 Å². The van der Waals surface area contributed by atoms with Crippen LogP contribution < -0.4 is 9.47 Å². The number of aryl methyl sites for hydroxylation is 1. The van der Waals surface area contributed by atoms with Gasteiger partial charge in [-0.25, -0.2) is 4.79 Å². The van der Waals surface area contributed by atoms with E-state index in [0.29, 0.717) is 43.8 Å². The van der Waals surface area contributed by atoms with E-state index in [1.54, 1.807) is 43.3 Å². The molecule has 33 heavy (non-hydrogen) atoms. The van der Waals surface area contributed by atoms with E-state index in [1.165, 1.54) is 12.1 Å². The van der Waals surface area contributed by atoms with E-state index in [1.807, 2.05) is 12.1 Å². The second-order valence-corrected chi connectivity index (χ2v) is 9.72. The van der Waals surface area contributed by atoms with Crippen LogP contribution in [0.3, 0.4) is 0 Å². The van der Waals surface area contributed by atoms with E-state index >= 15 is 0 Å². The number of ketones is 1. The molecule has 0 radical (unpaired) electrons. The van der Waals surface area contributed by atoms with Crippen molar-refractivity contribution in [3.8, 4) is 11.5 Å². The molecular weight excluding hydrogens is 459 g/mol. The van der Waals surface area contributed by atoms with Gasteiger partial charge in [-0.1, -0.05) is 62.2 Å². The number of fused-ring (bicyclic) bond motifs is 1. The molecule has 0 aromatic heterocycles. The lowest BCUT2D eigenvalue weighted by Crippen LogP contribution is -2.13. The molecule has 1 aliphatic rings. The van der Waals surface area contributed by atoms with Crippen molar-refractivity contribution in [2.75, 3.05) is 0 Å². The number of allylic oxidation sites excluding steroid dienone is 1. The van der Waals surface area contributed by atoms with E-state index < -0.39 is 5.97 Å². The van der Waals surface area contributed by atoms with Gasteiger partial charge in [-0.15, -0.1) is 0 Å². The molecule has 168 valence electrons. The lowest BCUT2D eigenvalue weighted by Gasteiger charge is -2.18. The van der Waals surface area contributed by atoms with Gasteiger partial charge in [0.2, 0.25) is 5.78 Å². The molecule has 0 saturated heterocycles. The third-order valence-corrected chi connectivity index (χ3v) is 6.08.